The van der Waals surface area contributed by atoms with Gasteiger partial charge in [-0.25, -0.2) is 0 Å². The molecule has 0 amide bonds. The van der Waals surface area contributed by atoms with Crippen molar-refractivity contribution in [1.29, 1.82) is 0 Å². The summed E-state index contributed by atoms with van der Waals surface area (Å²) in [5.41, 5.74) is 0.334. The highest BCUT2D eigenvalue weighted by molar-refractivity contribution is 5.53. The Morgan fingerprint density at radius 3 is 1.86 bits per heavy atom. The van der Waals surface area contributed by atoms with Gasteiger partial charge in [0.25, 0.3) is 0 Å². The molecule has 0 spiro atoms. The third kappa shape index (κ3) is 3.42. The Labute approximate surface area is 127 Å². The SMILES string of the molecule is Cc1c(OC2CCC2)ccc(OC2CCC2)c1OC(F)(F)F. The number of rotatable bonds is 5. The van der Waals surface area contributed by atoms with Crippen LogP contribution in [0, 0.1) is 6.92 Å². The molecule has 2 aliphatic carbocycles. The fraction of sp³-hybridized carbons (Fsp3) is 0.625. The maximum absolute atomic E-state index is 12.7. The Kier molecular flexibility index (Phi) is 4.10. The molecule has 0 N–H and O–H groups in total. The second kappa shape index (κ2) is 5.89. The van der Waals surface area contributed by atoms with Crippen LogP contribution in [0.3, 0.4) is 0 Å². The Balaban J connectivity index is 1.85. The predicted octanol–water partition coefficient (Wildman–Crippen LogP) is 4.76. The molecular weight excluding hydrogens is 297 g/mol. The Morgan fingerprint density at radius 2 is 1.41 bits per heavy atom. The van der Waals surface area contributed by atoms with E-state index in [0.29, 0.717) is 11.3 Å². The molecule has 0 aliphatic heterocycles. The van der Waals surface area contributed by atoms with Gasteiger partial charge in [0.05, 0.1) is 12.2 Å². The highest BCUT2D eigenvalue weighted by atomic mass is 19.4. The molecule has 3 nitrogen and oxygen atoms in total. The first kappa shape index (κ1) is 15.3. The highest BCUT2D eigenvalue weighted by Gasteiger charge is 2.35. The van der Waals surface area contributed by atoms with Crippen LogP contribution in [0.2, 0.25) is 0 Å². The van der Waals surface area contributed by atoms with Gasteiger partial charge in [0.2, 0.25) is 0 Å². The molecule has 0 aromatic heterocycles. The zero-order chi connectivity index (χ0) is 15.7. The zero-order valence-electron chi connectivity index (χ0n) is 12.4. The molecular formula is C16H19F3O3. The molecule has 2 saturated carbocycles. The number of benzene rings is 1. The summed E-state index contributed by atoms with van der Waals surface area (Å²) in [4.78, 5) is 0. The van der Waals surface area contributed by atoms with Crippen molar-refractivity contribution in [3.05, 3.63) is 17.7 Å². The van der Waals surface area contributed by atoms with Crippen molar-refractivity contribution in [2.45, 2.75) is 64.0 Å². The van der Waals surface area contributed by atoms with E-state index in [4.69, 9.17) is 9.47 Å². The molecule has 1 aromatic carbocycles. The largest absolute Gasteiger partial charge is 0.573 e. The lowest BCUT2D eigenvalue weighted by Gasteiger charge is -2.30. The first-order valence-corrected chi connectivity index (χ1v) is 7.65. The highest BCUT2D eigenvalue weighted by Crippen LogP contribution is 2.42. The molecule has 0 bridgehead atoms. The molecule has 1 aromatic rings. The van der Waals surface area contributed by atoms with Crippen LogP contribution < -0.4 is 14.2 Å². The lowest BCUT2D eigenvalue weighted by molar-refractivity contribution is -0.275. The van der Waals surface area contributed by atoms with Gasteiger partial charge in [0.1, 0.15) is 5.75 Å². The first-order chi connectivity index (χ1) is 10.4. The van der Waals surface area contributed by atoms with E-state index in [9.17, 15) is 13.2 Å². The van der Waals surface area contributed by atoms with Gasteiger partial charge in [-0.2, -0.15) is 0 Å². The quantitative estimate of drug-likeness (QED) is 0.784. The molecule has 122 valence electrons. The van der Waals surface area contributed by atoms with E-state index in [0.717, 1.165) is 38.5 Å². The average molecular weight is 316 g/mol. The van der Waals surface area contributed by atoms with Crippen LogP contribution in [-0.4, -0.2) is 18.6 Å². The molecule has 0 radical (unpaired) electrons. The van der Waals surface area contributed by atoms with E-state index >= 15 is 0 Å². The minimum absolute atomic E-state index is 0.0200. The van der Waals surface area contributed by atoms with Crippen molar-refractivity contribution in [2.24, 2.45) is 0 Å². The fourth-order valence-electron chi connectivity index (χ4n) is 2.45. The minimum atomic E-state index is -4.75. The van der Waals surface area contributed by atoms with Gasteiger partial charge in [0.15, 0.2) is 11.5 Å². The predicted molar refractivity (Wildman–Crippen MR) is 74.4 cm³/mol. The van der Waals surface area contributed by atoms with Gasteiger partial charge >= 0.3 is 6.36 Å². The molecule has 2 fully saturated rings. The second-order valence-electron chi connectivity index (χ2n) is 5.91. The third-order valence-corrected chi connectivity index (χ3v) is 4.23. The van der Waals surface area contributed by atoms with Crippen molar-refractivity contribution in [3.8, 4) is 17.2 Å². The number of hydrogen-bond donors (Lipinski definition) is 0. The van der Waals surface area contributed by atoms with Crippen LogP contribution in [0.15, 0.2) is 12.1 Å². The van der Waals surface area contributed by atoms with Gasteiger partial charge in [0, 0.05) is 5.56 Å². The van der Waals surface area contributed by atoms with Crippen LogP contribution in [0.4, 0.5) is 13.2 Å². The van der Waals surface area contributed by atoms with E-state index in [-0.39, 0.29) is 23.7 Å². The number of alkyl halides is 3. The maximum atomic E-state index is 12.7. The number of hydrogen-bond acceptors (Lipinski definition) is 3. The first-order valence-electron chi connectivity index (χ1n) is 7.65. The minimum Gasteiger partial charge on any atom is -0.490 e. The fourth-order valence-corrected chi connectivity index (χ4v) is 2.45. The Hall–Kier alpha value is -1.59. The van der Waals surface area contributed by atoms with Crippen LogP contribution in [0.5, 0.6) is 17.2 Å². The van der Waals surface area contributed by atoms with Gasteiger partial charge in [-0.3, -0.25) is 0 Å². The third-order valence-electron chi connectivity index (χ3n) is 4.23. The molecule has 0 atom stereocenters. The lowest BCUT2D eigenvalue weighted by Crippen LogP contribution is -2.27. The van der Waals surface area contributed by atoms with Crippen LogP contribution in [0.1, 0.15) is 44.1 Å². The van der Waals surface area contributed by atoms with Crippen molar-refractivity contribution in [2.75, 3.05) is 0 Å². The lowest BCUT2D eigenvalue weighted by atomic mass is 9.96. The van der Waals surface area contributed by atoms with Crippen molar-refractivity contribution in [1.82, 2.24) is 0 Å². The van der Waals surface area contributed by atoms with Crippen LogP contribution in [-0.2, 0) is 0 Å². The topological polar surface area (TPSA) is 27.7 Å². The van der Waals surface area contributed by atoms with Crippen molar-refractivity contribution >= 4 is 0 Å². The standard InChI is InChI=1S/C16H19F3O3/c1-10-13(20-11-4-2-5-11)8-9-14(21-12-6-3-7-12)15(10)22-16(17,18)19/h8-9,11-12H,2-7H2,1H3. The molecule has 0 heterocycles. The summed E-state index contributed by atoms with van der Waals surface area (Å²) in [6.07, 6.45) is 1.07. The zero-order valence-corrected chi connectivity index (χ0v) is 12.4. The monoisotopic (exact) mass is 316 g/mol. The summed E-state index contributed by atoms with van der Waals surface area (Å²) in [6.45, 7) is 1.57. The molecule has 22 heavy (non-hydrogen) atoms. The Bertz CT molecular complexity index is 534. The van der Waals surface area contributed by atoms with Crippen molar-refractivity contribution in [3.63, 3.8) is 0 Å². The molecule has 0 unspecified atom stereocenters. The van der Waals surface area contributed by atoms with E-state index in [1.165, 1.54) is 6.07 Å². The average Bonchev–Trinajstić information content (AvgIpc) is 2.32. The van der Waals surface area contributed by atoms with Crippen LogP contribution in [0.25, 0.3) is 0 Å². The summed E-state index contributed by atoms with van der Waals surface area (Å²) in [7, 11) is 0. The van der Waals surface area contributed by atoms with Gasteiger partial charge < -0.3 is 14.2 Å². The Morgan fingerprint density at radius 1 is 0.909 bits per heavy atom. The smallest absolute Gasteiger partial charge is 0.490 e. The maximum Gasteiger partial charge on any atom is 0.573 e. The molecule has 6 heteroatoms. The second-order valence-corrected chi connectivity index (χ2v) is 5.91. The van der Waals surface area contributed by atoms with E-state index in [1.54, 1.807) is 13.0 Å². The molecule has 3 rings (SSSR count). The van der Waals surface area contributed by atoms with E-state index < -0.39 is 6.36 Å². The molecule has 0 saturated heterocycles. The van der Waals surface area contributed by atoms with E-state index in [2.05, 4.69) is 4.74 Å². The number of halogens is 3. The number of ether oxygens (including phenoxy) is 3. The van der Waals surface area contributed by atoms with Crippen LogP contribution >= 0.6 is 0 Å². The normalized spacial score (nSPS) is 19.3. The van der Waals surface area contributed by atoms with E-state index in [1.807, 2.05) is 0 Å². The van der Waals surface area contributed by atoms with Crippen molar-refractivity contribution < 1.29 is 27.4 Å². The van der Waals surface area contributed by atoms with Gasteiger partial charge in [-0.1, -0.05) is 0 Å². The summed E-state index contributed by atoms with van der Waals surface area (Å²) >= 11 is 0. The van der Waals surface area contributed by atoms with Gasteiger partial charge in [-0.05, 0) is 57.6 Å². The van der Waals surface area contributed by atoms with Gasteiger partial charge in [-0.15, -0.1) is 13.2 Å². The summed E-state index contributed by atoms with van der Waals surface area (Å²) in [5, 5.41) is 0. The summed E-state index contributed by atoms with van der Waals surface area (Å²) in [6, 6.07) is 3.19. The summed E-state index contributed by atoms with van der Waals surface area (Å²) < 4.78 is 53.6. The molecule has 2 aliphatic rings. The summed E-state index contributed by atoms with van der Waals surface area (Å²) in [5.74, 6) is 0.293.